The average Bonchev–Trinajstić information content (AvgIpc) is 3.18. The van der Waals surface area contributed by atoms with Crippen LogP contribution in [0.1, 0.15) is 27.4 Å². The molecule has 0 fully saturated rings. The Morgan fingerprint density at radius 1 is 1.12 bits per heavy atom. The van der Waals surface area contributed by atoms with E-state index in [0.29, 0.717) is 40.1 Å². The largest absolute Gasteiger partial charge is 0.416 e. The van der Waals surface area contributed by atoms with Crippen molar-refractivity contribution in [2.75, 3.05) is 16.6 Å². The summed E-state index contributed by atoms with van der Waals surface area (Å²) in [5, 5.41) is 2.87. The van der Waals surface area contributed by atoms with E-state index in [9.17, 15) is 30.8 Å². The zero-order valence-corrected chi connectivity index (χ0v) is 19.2. The SMILES string of the molecule is O=C(c1c(F)ccc(NS(=O)(=O)c2ccc(C(F)(F)F)cc2)c1F)C1CNc2ncc(Br)cc21. The van der Waals surface area contributed by atoms with Crippen molar-refractivity contribution in [1.82, 2.24) is 4.98 Å². The van der Waals surface area contributed by atoms with E-state index in [0.717, 1.165) is 12.1 Å². The van der Waals surface area contributed by atoms with Gasteiger partial charge in [-0.1, -0.05) is 0 Å². The highest BCUT2D eigenvalue weighted by Gasteiger charge is 2.35. The molecule has 0 aliphatic carbocycles. The first-order valence-electron chi connectivity index (χ1n) is 9.50. The molecule has 0 radical (unpaired) electrons. The Labute approximate surface area is 198 Å². The first-order valence-corrected chi connectivity index (χ1v) is 11.8. The summed E-state index contributed by atoms with van der Waals surface area (Å²) in [7, 11) is -4.55. The number of pyridine rings is 1. The Morgan fingerprint density at radius 3 is 2.44 bits per heavy atom. The Balaban J connectivity index is 1.66. The number of ketones is 1. The van der Waals surface area contributed by atoms with Gasteiger partial charge < -0.3 is 5.32 Å². The number of halogens is 6. The highest BCUT2D eigenvalue weighted by atomic mass is 79.9. The molecule has 13 heteroatoms. The van der Waals surface area contributed by atoms with Crippen molar-refractivity contribution in [3.05, 3.63) is 81.5 Å². The Hall–Kier alpha value is -3.06. The van der Waals surface area contributed by atoms with Crippen molar-refractivity contribution >= 4 is 43.2 Å². The number of aromatic nitrogens is 1. The van der Waals surface area contributed by atoms with Crippen LogP contribution in [-0.4, -0.2) is 25.7 Å². The first-order chi connectivity index (χ1) is 15.9. The van der Waals surface area contributed by atoms with E-state index in [4.69, 9.17) is 0 Å². The van der Waals surface area contributed by atoms with Crippen LogP contribution >= 0.6 is 15.9 Å². The van der Waals surface area contributed by atoms with Gasteiger partial charge in [0.1, 0.15) is 11.6 Å². The third kappa shape index (κ3) is 4.49. The molecule has 1 atom stereocenters. The number of rotatable bonds is 5. The van der Waals surface area contributed by atoms with Crippen molar-refractivity contribution < 1.29 is 35.2 Å². The minimum absolute atomic E-state index is 0.0258. The zero-order chi connectivity index (χ0) is 24.8. The third-order valence-corrected chi connectivity index (χ3v) is 6.94. The van der Waals surface area contributed by atoms with Gasteiger partial charge in [-0.2, -0.15) is 13.2 Å². The fourth-order valence-corrected chi connectivity index (χ4v) is 4.88. The number of fused-ring (bicyclic) bond motifs is 1. The van der Waals surface area contributed by atoms with Gasteiger partial charge in [0.05, 0.1) is 27.6 Å². The van der Waals surface area contributed by atoms with Crippen molar-refractivity contribution in [3.63, 3.8) is 0 Å². The lowest BCUT2D eigenvalue weighted by molar-refractivity contribution is -0.137. The fraction of sp³-hybridized carbons (Fsp3) is 0.143. The van der Waals surface area contributed by atoms with Crippen LogP contribution in [0.25, 0.3) is 0 Å². The van der Waals surface area contributed by atoms with Gasteiger partial charge in [-0.3, -0.25) is 9.52 Å². The van der Waals surface area contributed by atoms with Gasteiger partial charge in [0.25, 0.3) is 10.0 Å². The van der Waals surface area contributed by atoms with E-state index in [-0.39, 0.29) is 6.54 Å². The third-order valence-electron chi connectivity index (χ3n) is 5.12. The number of hydrogen-bond donors (Lipinski definition) is 2. The quantitative estimate of drug-likeness (QED) is 0.324. The molecule has 1 aliphatic rings. The van der Waals surface area contributed by atoms with Crippen molar-refractivity contribution in [2.24, 2.45) is 0 Å². The molecule has 1 aliphatic heterocycles. The predicted molar refractivity (Wildman–Crippen MR) is 116 cm³/mol. The number of carbonyl (C=O) groups excluding carboxylic acids is 1. The van der Waals surface area contributed by atoms with Crippen LogP contribution in [0.15, 0.2) is 58.0 Å². The van der Waals surface area contributed by atoms with Gasteiger partial charge in [0, 0.05) is 22.8 Å². The summed E-state index contributed by atoms with van der Waals surface area (Å²) in [6.07, 6.45) is -3.19. The summed E-state index contributed by atoms with van der Waals surface area (Å²) < 4.78 is 95.4. The maximum absolute atomic E-state index is 15.2. The second-order valence-electron chi connectivity index (χ2n) is 7.30. The molecule has 2 heterocycles. The minimum atomic E-state index is -4.67. The number of sulfonamides is 1. The van der Waals surface area contributed by atoms with Crippen LogP contribution in [0.3, 0.4) is 0 Å². The van der Waals surface area contributed by atoms with Crippen LogP contribution in [0.4, 0.5) is 33.5 Å². The molecular weight excluding hydrogens is 549 g/mol. The molecule has 1 aromatic heterocycles. The maximum atomic E-state index is 15.2. The highest BCUT2D eigenvalue weighted by molar-refractivity contribution is 9.10. The predicted octanol–water partition coefficient (Wildman–Crippen LogP) is 5.33. The summed E-state index contributed by atoms with van der Waals surface area (Å²) in [5.74, 6) is -4.18. The molecule has 4 rings (SSSR count). The molecule has 1 unspecified atom stereocenters. The lowest BCUT2D eigenvalue weighted by Crippen LogP contribution is -2.20. The molecule has 0 bridgehead atoms. The molecule has 34 heavy (non-hydrogen) atoms. The van der Waals surface area contributed by atoms with Crippen LogP contribution < -0.4 is 10.0 Å². The Kier molecular flexibility index (Phi) is 6.10. The topological polar surface area (TPSA) is 88.2 Å². The van der Waals surface area contributed by atoms with Gasteiger partial charge in [0.15, 0.2) is 11.6 Å². The lowest BCUT2D eigenvalue weighted by atomic mass is 9.92. The fourth-order valence-electron chi connectivity index (χ4n) is 3.47. The number of hydrogen-bond acceptors (Lipinski definition) is 5. The summed E-state index contributed by atoms with van der Waals surface area (Å²) in [5.41, 5.74) is -2.34. The van der Waals surface area contributed by atoms with Gasteiger partial charge >= 0.3 is 6.18 Å². The number of nitrogens with one attached hydrogen (secondary N) is 2. The second-order valence-corrected chi connectivity index (χ2v) is 9.90. The number of anilines is 2. The monoisotopic (exact) mass is 561 g/mol. The summed E-state index contributed by atoms with van der Waals surface area (Å²) in [4.78, 5) is 16.5. The van der Waals surface area contributed by atoms with E-state index >= 15 is 4.39 Å². The Morgan fingerprint density at radius 2 is 1.79 bits per heavy atom. The molecular formula is C21H13BrF5N3O3S. The normalized spacial score (nSPS) is 15.5. The molecule has 0 saturated carbocycles. The molecule has 0 amide bonds. The molecule has 0 spiro atoms. The number of benzene rings is 2. The standard InChI is InChI=1S/C21H13BrF5N3O3S/c22-11-7-13-14(9-29-20(13)28-8-11)19(31)17-15(23)5-6-16(18(17)24)30-34(32,33)12-3-1-10(2-4-12)21(25,26)27/h1-8,14,30H,9H2,(H,28,29). The number of alkyl halides is 3. The second kappa shape index (κ2) is 8.62. The summed E-state index contributed by atoms with van der Waals surface area (Å²) in [6.45, 7) is 0.0258. The summed E-state index contributed by atoms with van der Waals surface area (Å²) in [6, 6.07) is 5.60. The Bertz CT molecular complexity index is 1400. The number of Topliss-reactive ketones (excluding diaryl/α,β-unsaturated/α-hetero) is 1. The zero-order valence-electron chi connectivity index (χ0n) is 16.8. The lowest BCUT2D eigenvalue weighted by Gasteiger charge is -2.15. The van der Waals surface area contributed by atoms with Gasteiger partial charge in [0.2, 0.25) is 0 Å². The van der Waals surface area contributed by atoms with Crippen LogP contribution in [0.5, 0.6) is 0 Å². The molecule has 178 valence electrons. The highest BCUT2D eigenvalue weighted by Crippen LogP contribution is 2.36. The van der Waals surface area contributed by atoms with Crippen LogP contribution in [0.2, 0.25) is 0 Å². The van der Waals surface area contributed by atoms with E-state index in [1.807, 2.05) is 4.72 Å². The van der Waals surface area contributed by atoms with Gasteiger partial charge in [-0.05, 0) is 58.4 Å². The van der Waals surface area contributed by atoms with E-state index in [1.54, 1.807) is 6.07 Å². The minimum Gasteiger partial charge on any atom is -0.369 e. The van der Waals surface area contributed by atoms with Gasteiger partial charge in [-0.25, -0.2) is 22.2 Å². The van der Waals surface area contributed by atoms with E-state index in [1.165, 1.54) is 6.20 Å². The average molecular weight is 562 g/mol. The number of nitrogens with zero attached hydrogens (tertiary/aromatic N) is 1. The van der Waals surface area contributed by atoms with Crippen LogP contribution in [0, 0.1) is 11.6 Å². The van der Waals surface area contributed by atoms with Crippen molar-refractivity contribution in [2.45, 2.75) is 17.0 Å². The van der Waals surface area contributed by atoms with Crippen molar-refractivity contribution in [1.29, 1.82) is 0 Å². The van der Waals surface area contributed by atoms with Crippen molar-refractivity contribution in [3.8, 4) is 0 Å². The molecule has 6 nitrogen and oxygen atoms in total. The smallest absolute Gasteiger partial charge is 0.369 e. The van der Waals surface area contributed by atoms with Gasteiger partial charge in [-0.15, -0.1) is 0 Å². The first kappa shape index (κ1) is 24.1. The van der Waals surface area contributed by atoms with Crippen LogP contribution in [-0.2, 0) is 16.2 Å². The van der Waals surface area contributed by atoms with E-state index in [2.05, 4.69) is 26.2 Å². The molecule has 3 aromatic rings. The molecule has 0 saturated heterocycles. The number of carbonyl (C=O) groups is 1. The maximum Gasteiger partial charge on any atom is 0.416 e. The van der Waals surface area contributed by atoms with E-state index < -0.39 is 61.2 Å². The summed E-state index contributed by atoms with van der Waals surface area (Å²) >= 11 is 3.22. The molecule has 2 aromatic carbocycles. The molecule has 2 N–H and O–H groups in total.